The minimum absolute atomic E-state index is 0.0417. The van der Waals surface area contributed by atoms with Gasteiger partial charge in [-0.15, -0.1) is 0 Å². The average molecular weight is 552 g/mol. The van der Waals surface area contributed by atoms with Crippen molar-refractivity contribution >= 4 is 22.7 Å². The van der Waals surface area contributed by atoms with E-state index in [0.29, 0.717) is 18.7 Å². The van der Waals surface area contributed by atoms with Gasteiger partial charge in [0, 0.05) is 41.8 Å². The molecular formula is C36H45N3O2. The Kier molecular flexibility index (Phi) is 10.8. The van der Waals surface area contributed by atoms with Gasteiger partial charge in [0.05, 0.1) is 0 Å². The van der Waals surface area contributed by atoms with E-state index in [1.807, 2.05) is 49.2 Å². The summed E-state index contributed by atoms with van der Waals surface area (Å²) >= 11 is 0. The Morgan fingerprint density at radius 2 is 1.54 bits per heavy atom. The third-order valence-electron chi connectivity index (χ3n) is 7.88. The van der Waals surface area contributed by atoms with Gasteiger partial charge in [-0.2, -0.15) is 0 Å². The molecule has 2 amide bonds. The summed E-state index contributed by atoms with van der Waals surface area (Å²) < 4.78 is 0. The zero-order valence-corrected chi connectivity index (χ0v) is 25.2. The van der Waals surface area contributed by atoms with Gasteiger partial charge < -0.3 is 14.8 Å². The molecule has 5 heteroatoms. The summed E-state index contributed by atoms with van der Waals surface area (Å²) in [7, 11) is 0. The lowest BCUT2D eigenvalue weighted by molar-refractivity contribution is -0.132. The number of H-pyrrole nitrogens is 1. The van der Waals surface area contributed by atoms with Crippen LogP contribution >= 0.6 is 0 Å². The molecule has 0 saturated carbocycles. The van der Waals surface area contributed by atoms with Crippen LogP contribution in [0, 0.1) is 6.92 Å². The quantitative estimate of drug-likeness (QED) is 0.163. The third-order valence-corrected chi connectivity index (χ3v) is 7.88. The molecule has 41 heavy (non-hydrogen) atoms. The van der Waals surface area contributed by atoms with Crippen LogP contribution < -0.4 is 0 Å². The molecule has 1 heterocycles. The van der Waals surface area contributed by atoms with E-state index in [2.05, 4.69) is 67.4 Å². The van der Waals surface area contributed by atoms with Crippen molar-refractivity contribution in [2.75, 3.05) is 13.1 Å². The van der Waals surface area contributed by atoms with Crippen molar-refractivity contribution in [1.82, 2.24) is 14.8 Å². The average Bonchev–Trinajstić information content (AvgIpc) is 3.40. The van der Waals surface area contributed by atoms with Crippen LogP contribution in [0.4, 0.5) is 0 Å². The summed E-state index contributed by atoms with van der Waals surface area (Å²) in [4.78, 5) is 34.4. The summed E-state index contributed by atoms with van der Waals surface area (Å²) in [5, 5.41) is 1.18. The maximum atomic E-state index is 13.8. The molecule has 4 aromatic rings. The normalized spacial score (nSPS) is 11.2. The van der Waals surface area contributed by atoms with E-state index in [9.17, 15) is 9.59 Å². The number of aryl methyl sites for hydroxylation is 2. The molecular weight excluding hydrogens is 506 g/mol. The van der Waals surface area contributed by atoms with Crippen molar-refractivity contribution in [2.45, 2.75) is 78.8 Å². The van der Waals surface area contributed by atoms with Gasteiger partial charge in [-0.05, 0) is 74.9 Å². The Morgan fingerprint density at radius 1 is 0.829 bits per heavy atom. The van der Waals surface area contributed by atoms with Gasteiger partial charge in [-0.25, -0.2) is 0 Å². The second-order valence-corrected chi connectivity index (χ2v) is 11.4. The highest BCUT2D eigenvalue weighted by molar-refractivity contribution is 5.96. The van der Waals surface area contributed by atoms with Crippen LogP contribution in [-0.4, -0.2) is 45.7 Å². The van der Waals surface area contributed by atoms with Crippen LogP contribution in [0.15, 0.2) is 79.0 Å². The first-order valence-electron chi connectivity index (χ1n) is 15.1. The molecule has 0 unspecified atom stereocenters. The van der Waals surface area contributed by atoms with E-state index in [4.69, 9.17) is 0 Å². The van der Waals surface area contributed by atoms with Crippen molar-refractivity contribution in [2.24, 2.45) is 0 Å². The first-order valence-corrected chi connectivity index (χ1v) is 15.1. The molecule has 1 N–H and O–H groups in total. The van der Waals surface area contributed by atoms with Gasteiger partial charge in [0.2, 0.25) is 5.91 Å². The lowest BCUT2D eigenvalue weighted by atomic mass is 10.0. The number of hydrogen-bond acceptors (Lipinski definition) is 2. The first-order chi connectivity index (χ1) is 19.9. The van der Waals surface area contributed by atoms with Gasteiger partial charge in [0.1, 0.15) is 6.54 Å². The Bertz CT molecular complexity index is 1400. The van der Waals surface area contributed by atoms with Crippen LogP contribution in [-0.2, 0) is 24.2 Å². The molecule has 0 bridgehead atoms. The molecule has 0 radical (unpaired) electrons. The predicted molar refractivity (Wildman–Crippen MR) is 169 cm³/mol. The van der Waals surface area contributed by atoms with E-state index in [0.717, 1.165) is 23.9 Å². The zero-order valence-electron chi connectivity index (χ0n) is 25.2. The summed E-state index contributed by atoms with van der Waals surface area (Å²) in [6, 6.07) is 24.4. The van der Waals surface area contributed by atoms with Crippen molar-refractivity contribution in [3.63, 3.8) is 0 Å². The van der Waals surface area contributed by atoms with Crippen molar-refractivity contribution in [3.05, 3.63) is 107 Å². The number of hydrogen-bond donors (Lipinski definition) is 1. The maximum absolute atomic E-state index is 13.8. The second-order valence-electron chi connectivity index (χ2n) is 11.4. The number of rotatable bonds is 14. The van der Waals surface area contributed by atoms with Gasteiger partial charge in [-0.1, -0.05) is 86.3 Å². The molecule has 0 aliphatic heterocycles. The van der Waals surface area contributed by atoms with Gasteiger partial charge >= 0.3 is 0 Å². The highest BCUT2D eigenvalue weighted by Crippen LogP contribution is 2.20. The number of nitrogens with zero attached hydrogens (tertiary/aromatic N) is 2. The number of aromatic nitrogens is 1. The highest BCUT2D eigenvalue weighted by Gasteiger charge is 2.25. The minimum Gasteiger partial charge on any atom is -0.361 e. The summed E-state index contributed by atoms with van der Waals surface area (Å²) in [6.45, 7) is 9.36. The van der Waals surface area contributed by atoms with E-state index >= 15 is 0 Å². The topological polar surface area (TPSA) is 56.4 Å². The molecule has 0 aliphatic carbocycles. The summed E-state index contributed by atoms with van der Waals surface area (Å²) in [5.74, 6) is -0.141. The van der Waals surface area contributed by atoms with Crippen LogP contribution in [0.2, 0.25) is 0 Å². The first kappa shape index (κ1) is 30.1. The Morgan fingerprint density at radius 3 is 2.24 bits per heavy atom. The SMILES string of the molecule is CCCCCCc1ccc(C(=O)N(CC(=O)N(CCc2c[nH]c3ccccc23)Cc2ccc(C)cc2)C(C)C)cc1. The van der Waals surface area contributed by atoms with Crippen molar-refractivity contribution in [3.8, 4) is 0 Å². The molecule has 0 spiro atoms. The van der Waals surface area contributed by atoms with Crippen molar-refractivity contribution < 1.29 is 9.59 Å². The monoisotopic (exact) mass is 551 g/mol. The maximum Gasteiger partial charge on any atom is 0.254 e. The fourth-order valence-electron chi connectivity index (χ4n) is 5.27. The predicted octanol–water partition coefficient (Wildman–Crippen LogP) is 7.72. The standard InChI is InChI=1S/C36H45N3O2/c1-5-6-7-8-11-29-18-20-31(21-19-29)36(41)39(27(2)3)26-35(40)38(25-30-16-14-28(4)15-17-30)23-22-32-24-37-34-13-10-9-12-33(32)34/h9-10,12-21,24,27,37H,5-8,11,22-23,25-26H2,1-4H3. The summed E-state index contributed by atoms with van der Waals surface area (Å²) in [6.07, 6.45) is 8.70. The number of unbranched alkanes of at least 4 members (excludes halogenated alkanes) is 3. The van der Waals surface area contributed by atoms with E-state index in [1.165, 1.54) is 47.8 Å². The van der Waals surface area contributed by atoms with Gasteiger partial charge in [-0.3, -0.25) is 9.59 Å². The van der Waals surface area contributed by atoms with Crippen molar-refractivity contribution in [1.29, 1.82) is 0 Å². The highest BCUT2D eigenvalue weighted by atomic mass is 16.2. The molecule has 3 aromatic carbocycles. The number of para-hydroxylation sites is 1. The molecule has 216 valence electrons. The van der Waals surface area contributed by atoms with Gasteiger partial charge in [0.25, 0.3) is 5.91 Å². The fraction of sp³-hybridized carbons (Fsp3) is 0.389. The van der Waals surface area contributed by atoms with E-state index in [1.54, 1.807) is 4.90 Å². The van der Waals surface area contributed by atoms with Crippen LogP contribution in [0.1, 0.15) is 79.1 Å². The largest absolute Gasteiger partial charge is 0.361 e. The lowest BCUT2D eigenvalue weighted by Crippen LogP contribution is -2.46. The second kappa shape index (κ2) is 14.7. The lowest BCUT2D eigenvalue weighted by Gasteiger charge is -2.30. The molecule has 4 rings (SSSR count). The van der Waals surface area contributed by atoms with Gasteiger partial charge in [0.15, 0.2) is 0 Å². The third kappa shape index (κ3) is 8.32. The smallest absolute Gasteiger partial charge is 0.254 e. The fourth-order valence-corrected chi connectivity index (χ4v) is 5.27. The molecule has 0 aliphatic rings. The van der Waals surface area contributed by atoms with Crippen LogP contribution in [0.5, 0.6) is 0 Å². The number of benzene rings is 3. The van der Waals surface area contributed by atoms with E-state index in [-0.39, 0.29) is 24.4 Å². The summed E-state index contributed by atoms with van der Waals surface area (Å²) in [5.41, 5.74) is 6.45. The number of amides is 2. The molecule has 0 saturated heterocycles. The molecule has 0 atom stereocenters. The number of aromatic amines is 1. The number of nitrogens with one attached hydrogen (secondary N) is 1. The zero-order chi connectivity index (χ0) is 29.2. The van der Waals surface area contributed by atoms with E-state index < -0.39 is 0 Å². The minimum atomic E-state index is -0.102. The Hall–Kier alpha value is -3.86. The number of fused-ring (bicyclic) bond motifs is 1. The Labute approximate surface area is 245 Å². The Balaban J connectivity index is 1.47. The molecule has 0 fully saturated rings. The van der Waals surface area contributed by atoms with Crippen LogP contribution in [0.3, 0.4) is 0 Å². The number of carbonyl (C=O) groups is 2. The van der Waals surface area contributed by atoms with Crippen LogP contribution in [0.25, 0.3) is 10.9 Å². The molecule has 1 aromatic heterocycles. The molecule has 5 nitrogen and oxygen atoms in total. The number of carbonyl (C=O) groups excluding carboxylic acids is 2.